The van der Waals surface area contributed by atoms with Crippen LogP contribution >= 0.6 is 0 Å². The summed E-state index contributed by atoms with van der Waals surface area (Å²) in [6, 6.07) is 7.95. The minimum Gasteiger partial charge on any atom is -0.228 e. The van der Waals surface area contributed by atoms with Crippen LogP contribution in [0.25, 0.3) is 0 Å². The van der Waals surface area contributed by atoms with Gasteiger partial charge in [0.05, 0.1) is 5.25 Å². The van der Waals surface area contributed by atoms with Crippen LogP contribution in [0.1, 0.15) is 17.5 Å². The highest BCUT2D eigenvalue weighted by molar-refractivity contribution is 7.89. The molecule has 1 aliphatic rings. The molecular weight excluding hydrogens is 198 g/mol. The van der Waals surface area contributed by atoms with Gasteiger partial charge < -0.3 is 0 Å². The van der Waals surface area contributed by atoms with Crippen LogP contribution in [-0.4, -0.2) is 13.7 Å². The van der Waals surface area contributed by atoms with E-state index in [9.17, 15) is 8.42 Å². The second-order valence-corrected chi connectivity index (χ2v) is 5.57. The van der Waals surface area contributed by atoms with Gasteiger partial charge in [-0.2, -0.15) is 0 Å². The lowest BCUT2D eigenvalue weighted by molar-refractivity contribution is 0.563. The zero-order valence-corrected chi connectivity index (χ0v) is 8.63. The fourth-order valence-electron chi connectivity index (χ4n) is 1.94. The Kier molecular flexibility index (Phi) is 2.33. The number of aryl methyl sites for hydroxylation is 1. The molecule has 1 aromatic carbocycles. The molecule has 0 bridgehead atoms. The van der Waals surface area contributed by atoms with Crippen LogP contribution in [0.2, 0.25) is 0 Å². The van der Waals surface area contributed by atoms with Crippen molar-refractivity contribution in [2.24, 2.45) is 5.14 Å². The standard InChI is InChI=1S/C10H13NO2S/c11-14(12,13)10-6-5-8-3-1-2-4-9(8)7-10/h1-4,10H,5-7H2,(H2,11,12,13). The van der Waals surface area contributed by atoms with Crippen molar-refractivity contribution in [3.63, 3.8) is 0 Å². The van der Waals surface area contributed by atoms with Crippen LogP contribution in [0.4, 0.5) is 0 Å². The Labute approximate surface area is 84.0 Å². The van der Waals surface area contributed by atoms with Gasteiger partial charge in [0, 0.05) is 0 Å². The second kappa shape index (κ2) is 3.37. The van der Waals surface area contributed by atoms with Crippen molar-refractivity contribution in [2.45, 2.75) is 24.5 Å². The molecule has 0 fully saturated rings. The maximum Gasteiger partial charge on any atom is 0.212 e. The van der Waals surface area contributed by atoms with Crippen molar-refractivity contribution in [1.82, 2.24) is 0 Å². The number of hydrogen-bond donors (Lipinski definition) is 1. The summed E-state index contributed by atoms with van der Waals surface area (Å²) in [5.41, 5.74) is 2.38. The first-order chi connectivity index (χ1) is 6.57. The molecule has 0 radical (unpaired) electrons. The maximum atomic E-state index is 11.2. The molecule has 0 heterocycles. The van der Waals surface area contributed by atoms with Gasteiger partial charge in [0.25, 0.3) is 0 Å². The summed E-state index contributed by atoms with van der Waals surface area (Å²) < 4.78 is 22.3. The number of primary sulfonamides is 1. The summed E-state index contributed by atoms with van der Waals surface area (Å²) in [4.78, 5) is 0. The smallest absolute Gasteiger partial charge is 0.212 e. The predicted octanol–water partition coefficient (Wildman–Crippen LogP) is 0.832. The number of rotatable bonds is 1. The van der Waals surface area contributed by atoms with E-state index in [0.717, 1.165) is 12.0 Å². The van der Waals surface area contributed by atoms with Crippen LogP contribution in [0.3, 0.4) is 0 Å². The van der Waals surface area contributed by atoms with E-state index in [1.165, 1.54) is 5.56 Å². The summed E-state index contributed by atoms with van der Waals surface area (Å²) in [7, 11) is -3.37. The Morgan fingerprint density at radius 2 is 1.86 bits per heavy atom. The Bertz CT molecular complexity index is 439. The maximum absolute atomic E-state index is 11.2. The van der Waals surface area contributed by atoms with Gasteiger partial charge in [-0.15, -0.1) is 0 Å². The second-order valence-electron chi connectivity index (χ2n) is 3.72. The quantitative estimate of drug-likeness (QED) is 0.748. The van der Waals surface area contributed by atoms with Crippen molar-refractivity contribution in [3.05, 3.63) is 35.4 Å². The summed E-state index contributed by atoms with van der Waals surface area (Å²) >= 11 is 0. The van der Waals surface area contributed by atoms with E-state index in [1.54, 1.807) is 0 Å². The minimum atomic E-state index is -3.37. The summed E-state index contributed by atoms with van der Waals surface area (Å²) in [6.07, 6.45) is 2.03. The number of nitrogens with two attached hydrogens (primary N) is 1. The van der Waals surface area contributed by atoms with E-state index in [-0.39, 0.29) is 0 Å². The molecule has 4 heteroatoms. The van der Waals surface area contributed by atoms with Crippen molar-refractivity contribution in [3.8, 4) is 0 Å². The third-order valence-electron chi connectivity index (χ3n) is 2.77. The van der Waals surface area contributed by atoms with Crippen LogP contribution in [-0.2, 0) is 22.9 Å². The topological polar surface area (TPSA) is 60.2 Å². The molecule has 2 N–H and O–H groups in total. The molecule has 0 amide bonds. The molecule has 0 saturated heterocycles. The average Bonchev–Trinajstić information content (AvgIpc) is 2.16. The molecule has 1 aromatic rings. The molecule has 1 unspecified atom stereocenters. The number of sulfonamides is 1. The third kappa shape index (κ3) is 1.81. The van der Waals surface area contributed by atoms with E-state index in [0.29, 0.717) is 12.8 Å². The molecule has 76 valence electrons. The molecule has 3 nitrogen and oxygen atoms in total. The molecule has 0 aliphatic heterocycles. The molecule has 0 spiro atoms. The Balaban J connectivity index is 2.30. The van der Waals surface area contributed by atoms with Crippen LogP contribution in [0.5, 0.6) is 0 Å². The van der Waals surface area contributed by atoms with Crippen molar-refractivity contribution in [2.75, 3.05) is 0 Å². The lowest BCUT2D eigenvalue weighted by atomic mass is 9.92. The number of benzene rings is 1. The van der Waals surface area contributed by atoms with E-state index < -0.39 is 15.3 Å². The Hall–Kier alpha value is -0.870. The van der Waals surface area contributed by atoms with Gasteiger partial charge in [-0.05, 0) is 30.4 Å². The lowest BCUT2D eigenvalue weighted by Gasteiger charge is -2.22. The fraction of sp³-hybridized carbons (Fsp3) is 0.400. The van der Waals surface area contributed by atoms with Crippen LogP contribution in [0, 0.1) is 0 Å². The largest absolute Gasteiger partial charge is 0.228 e. The lowest BCUT2D eigenvalue weighted by Crippen LogP contribution is -2.33. The van der Waals surface area contributed by atoms with E-state index in [4.69, 9.17) is 5.14 Å². The number of fused-ring (bicyclic) bond motifs is 1. The first-order valence-electron chi connectivity index (χ1n) is 4.66. The van der Waals surface area contributed by atoms with Gasteiger partial charge in [-0.1, -0.05) is 24.3 Å². The van der Waals surface area contributed by atoms with E-state index in [2.05, 4.69) is 6.07 Å². The first-order valence-corrected chi connectivity index (χ1v) is 6.27. The van der Waals surface area contributed by atoms with Gasteiger partial charge in [0.15, 0.2) is 0 Å². The van der Waals surface area contributed by atoms with Gasteiger partial charge in [-0.25, -0.2) is 13.6 Å². The van der Waals surface area contributed by atoms with E-state index >= 15 is 0 Å². The average molecular weight is 211 g/mol. The third-order valence-corrected chi connectivity index (χ3v) is 4.10. The molecular formula is C10H13NO2S. The highest BCUT2D eigenvalue weighted by Crippen LogP contribution is 2.23. The molecule has 0 aromatic heterocycles. The van der Waals surface area contributed by atoms with Crippen molar-refractivity contribution >= 4 is 10.0 Å². The fourth-order valence-corrected chi connectivity index (χ4v) is 2.80. The Morgan fingerprint density at radius 1 is 1.21 bits per heavy atom. The zero-order valence-electron chi connectivity index (χ0n) is 7.81. The van der Waals surface area contributed by atoms with Crippen molar-refractivity contribution < 1.29 is 8.42 Å². The van der Waals surface area contributed by atoms with Crippen molar-refractivity contribution in [1.29, 1.82) is 0 Å². The Morgan fingerprint density at radius 3 is 2.50 bits per heavy atom. The molecule has 2 rings (SSSR count). The first kappa shape index (κ1) is 9.68. The summed E-state index contributed by atoms with van der Waals surface area (Å²) in [5, 5.41) is 4.75. The minimum absolute atomic E-state index is 0.391. The highest BCUT2D eigenvalue weighted by Gasteiger charge is 2.26. The SMILES string of the molecule is NS(=O)(=O)C1CCc2ccccc2C1. The van der Waals surface area contributed by atoms with Gasteiger partial charge in [-0.3, -0.25) is 0 Å². The number of hydrogen-bond acceptors (Lipinski definition) is 2. The zero-order chi connectivity index (χ0) is 10.2. The molecule has 0 saturated carbocycles. The monoisotopic (exact) mass is 211 g/mol. The molecule has 1 atom stereocenters. The highest BCUT2D eigenvalue weighted by atomic mass is 32.2. The van der Waals surface area contributed by atoms with Crippen LogP contribution < -0.4 is 5.14 Å². The van der Waals surface area contributed by atoms with E-state index in [1.807, 2.05) is 18.2 Å². The van der Waals surface area contributed by atoms with Gasteiger partial charge >= 0.3 is 0 Å². The normalized spacial score (nSPS) is 21.6. The van der Waals surface area contributed by atoms with Gasteiger partial charge in [0.1, 0.15) is 0 Å². The summed E-state index contributed by atoms with van der Waals surface area (Å²) in [5.74, 6) is 0. The predicted molar refractivity (Wildman–Crippen MR) is 55.4 cm³/mol. The molecule has 14 heavy (non-hydrogen) atoms. The molecule has 1 aliphatic carbocycles. The van der Waals surface area contributed by atoms with Gasteiger partial charge in [0.2, 0.25) is 10.0 Å². The van der Waals surface area contributed by atoms with Crippen LogP contribution in [0.15, 0.2) is 24.3 Å². The summed E-state index contributed by atoms with van der Waals surface area (Å²) in [6.45, 7) is 0.